The Morgan fingerprint density at radius 1 is 1.00 bits per heavy atom. The third-order valence-corrected chi connectivity index (χ3v) is 5.07. The molecule has 0 unspecified atom stereocenters. The lowest BCUT2D eigenvalue weighted by molar-refractivity contribution is 0.596. The van der Waals surface area contributed by atoms with Crippen molar-refractivity contribution >= 4 is 21.2 Å². The zero-order chi connectivity index (χ0) is 16.6. The maximum Gasteiger partial charge on any atom is 0.220 e. The Labute approximate surface area is 132 Å². The van der Waals surface area contributed by atoms with Gasteiger partial charge in [-0.1, -0.05) is 0 Å². The quantitative estimate of drug-likeness (QED) is 0.804. The van der Waals surface area contributed by atoms with E-state index in [2.05, 4.69) is 0 Å². The van der Waals surface area contributed by atoms with Crippen LogP contribution in [0.5, 0.6) is 0 Å². The fraction of sp³-hybridized carbons (Fsp3) is 0. The van der Waals surface area contributed by atoms with Gasteiger partial charge in [-0.2, -0.15) is 10.5 Å². The summed E-state index contributed by atoms with van der Waals surface area (Å²) in [6, 6.07) is 13.4. The van der Waals surface area contributed by atoms with E-state index in [-0.39, 0.29) is 10.6 Å². The molecule has 0 atom stereocenters. The average Bonchev–Trinajstić information content (AvgIpc) is 2.56. The second-order valence-corrected chi connectivity index (χ2v) is 6.64. The van der Waals surface area contributed by atoms with Gasteiger partial charge in [-0.25, -0.2) is 12.8 Å². The van der Waals surface area contributed by atoms with Gasteiger partial charge in [0.25, 0.3) is 0 Å². The van der Waals surface area contributed by atoms with Gasteiger partial charge in [-0.05, 0) is 42.5 Å². The molecule has 1 aliphatic rings. The number of rotatable bonds is 1. The molecule has 2 aromatic carbocycles. The molecule has 0 amide bonds. The number of halogens is 1. The molecule has 1 heterocycles. The highest BCUT2D eigenvalue weighted by molar-refractivity contribution is 7.95. The topological polar surface area (TPSA) is 85.0 Å². The number of hydrogen-bond donors (Lipinski definition) is 0. The SMILES string of the molecule is N#CC1=CN(c2ccc(C#N)cc2)c2ccc(F)cc2S1(=O)=O. The Kier molecular flexibility index (Phi) is 3.36. The van der Waals surface area contributed by atoms with Gasteiger partial charge in [-0.15, -0.1) is 0 Å². The molecule has 1 aliphatic heterocycles. The van der Waals surface area contributed by atoms with Gasteiger partial charge >= 0.3 is 0 Å². The van der Waals surface area contributed by atoms with Gasteiger partial charge in [-0.3, -0.25) is 0 Å². The minimum atomic E-state index is -4.04. The largest absolute Gasteiger partial charge is 0.314 e. The summed E-state index contributed by atoms with van der Waals surface area (Å²) in [7, 11) is -4.04. The molecule has 0 saturated carbocycles. The first-order valence-corrected chi connectivity index (χ1v) is 7.91. The summed E-state index contributed by atoms with van der Waals surface area (Å²) in [5, 5.41) is 17.9. The maximum atomic E-state index is 13.5. The first-order valence-electron chi connectivity index (χ1n) is 6.43. The Balaban J connectivity index is 2.25. The van der Waals surface area contributed by atoms with Crippen LogP contribution in [0.25, 0.3) is 0 Å². The fourth-order valence-electron chi connectivity index (χ4n) is 2.28. The van der Waals surface area contributed by atoms with Crippen LogP contribution < -0.4 is 4.90 Å². The summed E-state index contributed by atoms with van der Waals surface area (Å²) in [5.41, 5.74) is 1.25. The van der Waals surface area contributed by atoms with E-state index in [9.17, 15) is 12.8 Å². The number of nitrogens with zero attached hydrogens (tertiary/aromatic N) is 3. The summed E-state index contributed by atoms with van der Waals surface area (Å²) < 4.78 is 38.2. The van der Waals surface area contributed by atoms with Gasteiger partial charge in [0.15, 0.2) is 4.91 Å². The molecule has 112 valence electrons. The van der Waals surface area contributed by atoms with Crippen molar-refractivity contribution in [3.05, 3.63) is 65.0 Å². The zero-order valence-electron chi connectivity index (χ0n) is 11.6. The number of allylic oxidation sites excluding steroid dienone is 1. The van der Waals surface area contributed by atoms with E-state index in [0.29, 0.717) is 11.3 Å². The van der Waals surface area contributed by atoms with Crippen molar-refractivity contribution < 1.29 is 12.8 Å². The van der Waals surface area contributed by atoms with Gasteiger partial charge in [0, 0.05) is 11.9 Å². The van der Waals surface area contributed by atoms with Crippen molar-refractivity contribution in [2.24, 2.45) is 0 Å². The van der Waals surface area contributed by atoms with Crippen molar-refractivity contribution in [1.82, 2.24) is 0 Å². The molecule has 3 rings (SSSR count). The summed E-state index contributed by atoms with van der Waals surface area (Å²) in [5.74, 6) is -0.703. The van der Waals surface area contributed by atoms with Crippen LogP contribution in [0.4, 0.5) is 15.8 Å². The third kappa shape index (κ3) is 2.33. The van der Waals surface area contributed by atoms with Crippen LogP contribution in [0.1, 0.15) is 5.56 Å². The molecular formula is C16H8FN3O2S. The minimum Gasteiger partial charge on any atom is -0.314 e. The highest BCUT2D eigenvalue weighted by Crippen LogP contribution is 2.39. The lowest BCUT2D eigenvalue weighted by Gasteiger charge is -2.27. The van der Waals surface area contributed by atoms with E-state index in [0.717, 1.165) is 12.1 Å². The molecule has 0 aromatic heterocycles. The van der Waals surface area contributed by atoms with Crippen LogP contribution in [0.15, 0.2) is 58.5 Å². The Morgan fingerprint density at radius 2 is 1.70 bits per heavy atom. The maximum absolute atomic E-state index is 13.5. The van der Waals surface area contributed by atoms with E-state index in [1.54, 1.807) is 30.3 Å². The molecule has 0 aliphatic carbocycles. The second kappa shape index (κ2) is 5.24. The second-order valence-electron chi connectivity index (χ2n) is 4.75. The van der Waals surface area contributed by atoms with Crippen LogP contribution in [-0.4, -0.2) is 8.42 Å². The van der Waals surface area contributed by atoms with Crippen molar-refractivity contribution in [3.63, 3.8) is 0 Å². The molecule has 0 radical (unpaired) electrons. The standard InChI is InChI=1S/C16H8FN3O2S/c17-12-3-6-15-16(7-12)23(21,22)14(9-19)10-20(15)13-4-1-11(8-18)2-5-13/h1-7,10H. The lowest BCUT2D eigenvalue weighted by atomic mass is 10.2. The first kappa shape index (κ1) is 14.8. The first-order chi connectivity index (χ1) is 11.0. The minimum absolute atomic E-state index is 0.245. The molecule has 0 saturated heterocycles. The summed E-state index contributed by atoms with van der Waals surface area (Å²) in [6.45, 7) is 0. The Bertz CT molecular complexity index is 1010. The monoisotopic (exact) mass is 325 g/mol. The highest BCUT2D eigenvalue weighted by Gasteiger charge is 2.32. The molecule has 23 heavy (non-hydrogen) atoms. The van der Waals surface area contributed by atoms with Gasteiger partial charge in [0.05, 0.1) is 22.2 Å². The number of nitriles is 2. The summed E-state index contributed by atoms with van der Waals surface area (Å²) >= 11 is 0. The molecule has 7 heteroatoms. The van der Waals surface area contributed by atoms with E-state index >= 15 is 0 Å². The zero-order valence-corrected chi connectivity index (χ0v) is 12.4. The molecule has 0 bridgehead atoms. The molecule has 0 fully saturated rings. The fourth-order valence-corrected chi connectivity index (χ4v) is 3.59. The van der Waals surface area contributed by atoms with E-state index < -0.39 is 20.6 Å². The Morgan fingerprint density at radius 3 is 2.30 bits per heavy atom. The van der Waals surface area contributed by atoms with Crippen LogP contribution in [0.3, 0.4) is 0 Å². The van der Waals surface area contributed by atoms with Crippen molar-refractivity contribution in [3.8, 4) is 12.1 Å². The van der Waals surface area contributed by atoms with Crippen molar-refractivity contribution in [1.29, 1.82) is 10.5 Å². The van der Waals surface area contributed by atoms with Crippen LogP contribution >= 0.6 is 0 Å². The summed E-state index contributed by atoms with van der Waals surface area (Å²) in [4.78, 5) is 0.746. The van der Waals surface area contributed by atoms with E-state index in [4.69, 9.17) is 10.5 Å². The molecule has 5 nitrogen and oxygen atoms in total. The van der Waals surface area contributed by atoms with Gasteiger partial charge < -0.3 is 4.90 Å². The molecular weight excluding hydrogens is 317 g/mol. The normalized spacial score (nSPS) is 15.1. The average molecular weight is 325 g/mol. The summed E-state index contributed by atoms with van der Waals surface area (Å²) in [6.07, 6.45) is 1.19. The third-order valence-electron chi connectivity index (χ3n) is 3.39. The Hall–Kier alpha value is -3.16. The predicted octanol–water partition coefficient (Wildman–Crippen LogP) is 2.99. The van der Waals surface area contributed by atoms with Crippen LogP contribution in [0.2, 0.25) is 0 Å². The highest BCUT2D eigenvalue weighted by atomic mass is 32.2. The van der Waals surface area contributed by atoms with Crippen LogP contribution in [0, 0.1) is 28.5 Å². The van der Waals surface area contributed by atoms with Gasteiger partial charge in [0.1, 0.15) is 11.9 Å². The number of sulfone groups is 1. The molecule has 2 aromatic rings. The number of hydrogen-bond acceptors (Lipinski definition) is 5. The van der Waals surface area contributed by atoms with E-state index in [1.165, 1.54) is 17.2 Å². The number of anilines is 2. The van der Waals surface area contributed by atoms with Crippen LogP contribution in [-0.2, 0) is 9.84 Å². The number of benzene rings is 2. The van der Waals surface area contributed by atoms with Crippen molar-refractivity contribution in [2.45, 2.75) is 4.90 Å². The van der Waals surface area contributed by atoms with E-state index in [1.807, 2.05) is 6.07 Å². The van der Waals surface area contributed by atoms with Crippen molar-refractivity contribution in [2.75, 3.05) is 4.90 Å². The predicted molar refractivity (Wildman–Crippen MR) is 80.6 cm³/mol. The number of fused-ring (bicyclic) bond motifs is 1. The van der Waals surface area contributed by atoms with Gasteiger partial charge in [0.2, 0.25) is 9.84 Å². The molecule has 0 spiro atoms. The smallest absolute Gasteiger partial charge is 0.220 e. The lowest BCUT2D eigenvalue weighted by Crippen LogP contribution is -2.21. The molecule has 0 N–H and O–H groups in total.